The van der Waals surface area contributed by atoms with Gasteiger partial charge in [-0.05, 0) is 46.4 Å². The molecule has 3 heteroatoms. The van der Waals surface area contributed by atoms with Crippen molar-refractivity contribution in [2.75, 3.05) is 6.54 Å². The van der Waals surface area contributed by atoms with Gasteiger partial charge in [-0.15, -0.1) is 0 Å². The number of carbonyl (C=O) groups excluding carboxylic acids is 1. The maximum Gasteiger partial charge on any atom is 0.410 e. The average molecular weight is 216 g/mol. The molecule has 1 fully saturated rings. The molecule has 0 aliphatic carbocycles. The van der Waals surface area contributed by atoms with Gasteiger partial charge in [0.2, 0.25) is 0 Å². The maximum atomic E-state index is 12.0. The first-order chi connectivity index (χ1) is 8.00. The zero-order valence-corrected chi connectivity index (χ0v) is 10.0. The Hall–Kier alpha value is -0.730. The van der Waals surface area contributed by atoms with E-state index in [1.54, 1.807) is 20.8 Å². The molecule has 2 atom stereocenters. The summed E-state index contributed by atoms with van der Waals surface area (Å²) in [4.78, 5) is 13.4. The van der Waals surface area contributed by atoms with Crippen LogP contribution in [-0.2, 0) is 4.74 Å². The Bertz CT molecular complexity index is 309. The van der Waals surface area contributed by atoms with E-state index in [9.17, 15) is 4.79 Å². The van der Waals surface area contributed by atoms with E-state index in [0.29, 0.717) is 18.9 Å². The smallest absolute Gasteiger partial charge is 0.410 e. The van der Waals surface area contributed by atoms with Gasteiger partial charge in [-0.2, -0.15) is 0 Å². The van der Waals surface area contributed by atoms with E-state index in [1.807, 2.05) is 6.92 Å². The Kier molecular flexibility index (Phi) is 2.48. The van der Waals surface area contributed by atoms with Gasteiger partial charge < -0.3 is 9.64 Å². The van der Waals surface area contributed by atoms with Gasteiger partial charge in [-0.1, -0.05) is 6.92 Å². The molecule has 0 aromatic heterocycles. The molecule has 1 rings (SSSR count). The van der Waals surface area contributed by atoms with Crippen molar-refractivity contribution in [1.82, 2.24) is 4.90 Å². The van der Waals surface area contributed by atoms with Crippen LogP contribution in [0, 0.1) is 5.92 Å². The molecule has 1 heterocycles. The number of rotatable bonds is 0. The molecule has 2 unspecified atom stereocenters. The highest BCUT2D eigenvalue weighted by Gasteiger charge is 2.29. The standard InChI is InChI=1S/C12H23NO2/c1-9-6-7-13(10(2)8-9)11(14)15-12(3,4)5/h9-10H,6-8H2,1-5H3/i2D3. The van der Waals surface area contributed by atoms with Crippen LogP contribution in [0.15, 0.2) is 0 Å². The summed E-state index contributed by atoms with van der Waals surface area (Å²) in [5, 5.41) is 0. The molecule has 1 amide bonds. The van der Waals surface area contributed by atoms with E-state index < -0.39 is 24.6 Å². The number of ether oxygens (including phenoxy) is 1. The summed E-state index contributed by atoms with van der Waals surface area (Å²) in [6.45, 7) is 5.67. The molecule has 88 valence electrons. The highest BCUT2D eigenvalue weighted by molar-refractivity contribution is 5.68. The number of nitrogens with zero attached hydrogens (tertiary/aromatic N) is 1. The number of likely N-dealkylation sites (tertiary alicyclic amines) is 1. The Morgan fingerprint density at radius 2 is 2.20 bits per heavy atom. The number of hydrogen-bond acceptors (Lipinski definition) is 2. The van der Waals surface area contributed by atoms with Gasteiger partial charge in [0.15, 0.2) is 0 Å². The second-order valence-electron chi connectivity index (χ2n) is 5.32. The normalized spacial score (nSPS) is 31.5. The van der Waals surface area contributed by atoms with Gasteiger partial charge in [0.25, 0.3) is 0 Å². The molecule has 0 spiro atoms. The van der Waals surface area contributed by atoms with E-state index in [0.717, 1.165) is 6.42 Å². The number of piperidine rings is 1. The summed E-state index contributed by atoms with van der Waals surface area (Å²) >= 11 is 0. The summed E-state index contributed by atoms with van der Waals surface area (Å²) < 4.78 is 27.9. The van der Waals surface area contributed by atoms with E-state index in [2.05, 4.69) is 0 Å². The second kappa shape index (κ2) is 4.42. The van der Waals surface area contributed by atoms with Crippen molar-refractivity contribution in [2.45, 2.75) is 59.0 Å². The summed E-state index contributed by atoms with van der Waals surface area (Å²) in [5.74, 6) is 0.328. The fourth-order valence-corrected chi connectivity index (χ4v) is 1.68. The van der Waals surface area contributed by atoms with Crippen molar-refractivity contribution in [2.24, 2.45) is 5.92 Å². The minimum absolute atomic E-state index is 0.328. The molecular formula is C12H23NO2. The Balaban J connectivity index is 2.81. The monoisotopic (exact) mass is 216 g/mol. The maximum absolute atomic E-state index is 12.0. The summed E-state index contributed by atoms with van der Waals surface area (Å²) in [6.07, 6.45) is 0.817. The van der Waals surface area contributed by atoms with Crippen molar-refractivity contribution < 1.29 is 13.6 Å². The zero-order valence-electron chi connectivity index (χ0n) is 13.0. The molecule has 0 saturated carbocycles. The lowest BCUT2D eigenvalue weighted by atomic mass is 9.94. The average Bonchev–Trinajstić information content (AvgIpc) is 2.13. The molecule has 1 aliphatic heterocycles. The van der Waals surface area contributed by atoms with Gasteiger partial charge in [-0.3, -0.25) is 0 Å². The van der Waals surface area contributed by atoms with E-state index in [1.165, 1.54) is 4.90 Å². The molecule has 1 saturated heterocycles. The first-order valence-electron chi connectivity index (χ1n) is 7.00. The highest BCUT2D eigenvalue weighted by atomic mass is 16.6. The third-order valence-electron chi connectivity index (χ3n) is 2.49. The Labute approximate surface area is 97.0 Å². The van der Waals surface area contributed by atoms with Crippen LogP contribution < -0.4 is 0 Å². The van der Waals surface area contributed by atoms with Gasteiger partial charge in [0, 0.05) is 16.7 Å². The quantitative estimate of drug-likeness (QED) is 0.623. The predicted molar refractivity (Wildman–Crippen MR) is 60.8 cm³/mol. The topological polar surface area (TPSA) is 29.5 Å². The van der Waals surface area contributed by atoms with Crippen molar-refractivity contribution in [3.8, 4) is 0 Å². The van der Waals surface area contributed by atoms with Crippen LogP contribution in [0.2, 0.25) is 0 Å². The fourth-order valence-electron chi connectivity index (χ4n) is 1.68. The minimum atomic E-state index is -2.15. The number of amides is 1. The summed E-state index contributed by atoms with van der Waals surface area (Å²) in [7, 11) is 0. The molecule has 3 nitrogen and oxygen atoms in total. The lowest BCUT2D eigenvalue weighted by Crippen LogP contribution is -2.46. The van der Waals surface area contributed by atoms with Gasteiger partial charge in [0.1, 0.15) is 5.60 Å². The molecular weight excluding hydrogens is 190 g/mol. The molecule has 0 N–H and O–H groups in total. The Morgan fingerprint density at radius 1 is 1.53 bits per heavy atom. The molecule has 0 aromatic carbocycles. The molecule has 0 aromatic rings. The number of hydrogen-bond donors (Lipinski definition) is 0. The van der Waals surface area contributed by atoms with Gasteiger partial charge in [0.05, 0.1) is 0 Å². The van der Waals surface area contributed by atoms with Crippen LogP contribution in [0.25, 0.3) is 0 Å². The third-order valence-corrected chi connectivity index (χ3v) is 2.49. The van der Waals surface area contributed by atoms with Gasteiger partial charge >= 0.3 is 6.09 Å². The van der Waals surface area contributed by atoms with Crippen LogP contribution in [0.1, 0.15) is 51.5 Å². The fraction of sp³-hybridized carbons (Fsp3) is 0.917. The molecule has 15 heavy (non-hydrogen) atoms. The zero-order chi connectivity index (χ0) is 14.1. The van der Waals surface area contributed by atoms with Crippen LogP contribution in [0.3, 0.4) is 0 Å². The Morgan fingerprint density at radius 3 is 2.73 bits per heavy atom. The number of carbonyl (C=O) groups is 1. The first kappa shape index (κ1) is 8.43. The first-order valence-corrected chi connectivity index (χ1v) is 5.50. The van der Waals surface area contributed by atoms with Crippen LogP contribution in [-0.4, -0.2) is 29.2 Å². The van der Waals surface area contributed by atoms with Crippen LogP contribution in [0.5, 0.6) is 0 Å². The lowest BCUT2D eigenvalue weighted by molar-refractivity contribution is 0.00806. The molecule has 1 aliphatic rings. The van der Waals surface area contributed by atoms with Crippen molar-refractivity contribution in [3.63, 3.8) is 0 Å². The molecule has 0 bridgehead atoms. The van der Waals surface area contributed by atoms with E-state index >= 15 is 0 Å². The second-order valence-corrected chi connectivity index (χ2v) is 5.32. The largest absolute Gasteiger partial charge is 0.444 e. The van der Waals surface area contributed by atoms with Crippen molar-refractivity contribution in [1.29, 1.82) is 0 Å². The van der Waals surface area contributed by atoms with Crippen molar-refractivity contribution in [3.05, 3.63) is 0 Å². The summed E-state index contributed by atoms with van der Waals surface area (Å²) in [5.41, 5.74) is -0.598. The minimum Gasteiger partial charge on any atom is -0.444 e. The van der Waals surface area contributed by atoms with Gasteiger partial charge in [-0.25, -0.2) is 4.79 Å². The summed E-state index contributed by atoms with van der Waals surface area (Å²) in [6, 6.07) is -0.726. The van der Waals surface area contributed by atoms with Crippen LogP contribution >= 0.6 is 0 Å². The van der Waals surface area contributed by atoms with Crippen molar-refractivity contribution >= 4 is 6.09 Å². The SMILES string of the molecule is [2H]C([2H])([2H])C1CC(C)CCN1C(=O)OC(C)(C)C. The van der Waals surface area contributed by atoms with E-state index in [4.69, 9.17) is 8.85 Å². The lowest BCUT2D eigenvalue weighted by Gasteiger charge is -2.37. The van der Waals surface area contributed by atoms with Crippen LogP contribution in [0.4, 0.5) is 4.79 Å². The third kappa shape index (κ3) is 3.73. The van der Waals surface area contributed by atoms with E-state index in [-0.39, 0.29) is 0 Å². The molecule has 0 radical (unpaired) electrons. The highest BCUT2D eigenvalue weighted by Crippen LogP contribution is 2.23. The predicted octanol–water partition coefficient (Wildman–Crippen LogP) is 3.04.